The second kappa shape index (κ2) is 5.30. The molecule has 0 bridgehead atoms. The summed E-state index contributed by atoms with van der Waals surface area (Å²) in [5.41, 5.74) is 0. The maximum atomic E-state index is 9.44. The number of hydrogen-bond acceptors (Lipinski definition) is 4. The molecule has 0 aliphatic heterocycles. The van der Waals surface area contributed by atoms with Gasteiger partial charge in [-0.3, -0.25) is 4.89 Å². The average Bonchev–Trinajstić information content (AvgIpc) is 1.65. The molecular weight excluding hydrogens is 144 g/mol. The fourth-order valence-corrected chi connectivity index (χ4v) is 0.0390. The van der Waals surface area contributed by atoms with E-state index in [1.807, 2.05) is 0 Å². The third-order valence-corrected chi connectivity index (χ3v) is 0.258. The van der Waals surface area contributed by atoms with Gasteiger partial charge in [-0.2, -0.15) is 5.26 Å². The van der Waals surface area contributed by atoms with Gasteiger partial charge in [0.1, 0.15) is 0 Å². The first-order valence-corrected chi connectivity index (χ1v) is 1.27. The van der Waals surface area contributed by atoms with Crippen molar-refractivity contribution in [3.05, 3.63) is 0 Å². The summed E-state index contributed by atoms with van der Waals surface area (Å²) >= 11 is 0. The molecule has 0 aromatic carbocycles. The summed E-state index contributed by atoms with van der Waals surface area (Å²) in [6.45, 7) is 0. The van der Waals surface area contributed by atoms with Crippen molar-refractivity contribution < 1.29 is 24.8 Å². The summed E-state index contributed by atoms with van der Waals surface area (Å²) in [6, 6.07) is 0. The fourth-order valence-electron chi connectivity index (χ4n) is 0.0390. The van der Waals surface area contributed by atoms with Crippen LogP contribution in [0.1, 0.15) is 0 Å². The first-order valence-electron chi connectivity index (χ1n) is 1.27. The van der Waals surface area contributed by atoms with Gasteiger partial charge in [-0.05, 0) is 0 Å². The summed E-state index contributed by atoms with van der Waals surface area (Å²) in [6.07, 6.45) is 0. The van der Waals surface area contributed by atoms with Crippen molar-refractivity contribution in [2.75, 3.05) is 0 Å². The van der Waals surface area contributed by atoms with Crippen LogP contribution in [0.2, 0.25) is 0 Å². The van der Waals surface area contributed by atoms with E-state index >= 15 is 0 Å². The predicted octanol–water partition coefficient (Wildman–Crippen LogP) is -1.83. The second-order valence-corrected chi connectivity index (χ2v) is 0.684. The van der Waals surface area contributed by atoms with Crippen LogP contribution in [-0.4, -0.2) is 60.0 Å². The number of carbonyl (C=O) groups excluding carboxylic acids is 1. The van der Waals surface area contributed by atoms with Crippen LogP contribution in [0.4, 0.5) is 0 Å². The molecule has 0 radical (unpaired) electrons. The molecule has 0 aliphatic rings. The molecule has 2 N–H and O–H groups in total. The van der Waals surface area contributed by atoms with Gasteiger partial charge in [0.2, 0.25) is 0 Å². The Labute approximate surface area is 74.2 Å². The normalized spacial score (nSPS) is 6.62. The molecule has 0 aliphatic carbocycles. The minimum absolute atomic E-state index is 0. The van der Waals surface area contributed by atoms with Gasteiger partial charge in [-0.25, -0.2) is 9.59 Å². The maximum absolute atomic E-state index is 9.44. The number of aliphatic carboxylic acids is 1. The number of carboxylic acid groups (broad SMARTS) is 1. The molecule has 0 spiro atoms. The Hall–Kier alpha value is 0.160. The van der Waals surface area contributed by atoms with Crippen LogP contribution >= 0.6 is 0 Å². The van der Waals surface area contributed by atoms with Crippen molar-refractivity contribution >= 4 is 49.7 Å². The van der Waals surface area contributed by atoms with E-state index in [1.165, 1.54) is 0 Å². The molecule has 0 amide bonds. The van der Waals surface area contributed by atoms with E-state index in [9.17, 15) is 9.59 Å². The zero-order chi connectivity index (χ0) is 5.86. The van der Waals surface area contributed by atoms with Crippen LogP contribution in [0.5, 0.6) is 0 Å². The molecule has 0 saturated carbocycles. The van der Waals surface area contributed by atoms with E-state index in [0.717, 1.165) is 0 Å². The SMILES string of the molecule is O=C(O)C(=O)OO.[CaH2]. The van der Waals surface area contributed by atoms with Crippen molar-refractivity contribution in [3.63, 3.8) is 0 Å². The Morgan fingerprint density at radius 3 is 1.75 bits per heavy atom. The number of hydrogen-bond donors (Lipinski definition) is 2. The molecule has 5 nitrogen and oxygen atoms in total. The average molecular weight is 148 g/mol. The van der Waals surface area contributed by atoms with Crippen LogP contribution in [0.15, 0.2) is 0 Å². The monoisotopic (exact) mass is 148 g/mol. The van der Waals surface area contributed by atoms with Gasteiger partial charge in [0.15, 0.2) is 0 Å². The Kier molecular flexibility index (Phi) is 7.30. The molecule has 0 atom stereocenters. The quantitative estimate of drug-likeness (QED) is 0.183. The van der Waals surface area contributed by atoms with Gasteiger partial charge in [-0.1, -0.05) is 0 Å². The topological polar surface area (TPSA) is 83.8 Å². The zero-order valence-electron chi connectivity index (χ0n) is 3.12. The Balaban J connectivity index is 0. The van der Waals surface area contributed by atoms with Crippen molar-refractivity contribution in [1.82, 2.24) is 0 Å². The van der Waals surface area contributed by atoms with Crippen LogP contribution in [0.3, 0.4) is 0 Å². The summed E-state index contributed by atoms with van der Waals surface area (Å²) in [5, 5.41) is 14.8. The van der Waals surface area contributed by atoms with E-state index in [0.29, 0.717) is 0 Å². The van der Waals surface area contributed by atoms with Crippen molar-refractivity contribution in [2.24, 2.45) is 0 Å². The van der Waals surface area contributed by atoms with E-state index in [4.69, 9.17) is 10.4 Å². The zero-order valence-corrected chi connectivity index (χ0v) is 3.12. The molecule has 0 aromatic rings. The Morgan fingerprint density at radius 1 is 1.38 bits per heavy atom. The summed E-state index contributed by atoms with van der Waals surface area (Å²) in [4.78, 5) is 21.5. The number of carboxylic acids is 1. The van der Waals surface area contributed by atoms with Crippen LogP contribution < -0.4 is 0 Å². The van der Waals surface area contributed by atoms with E-state index in [2.05, 4.69) is 4.89 Å². The molecular formula is C2H4CaO5. The molecule has 8 heavy (non-hydrogen) atoms. The first-order chi connectivity index (χ1) is 3.18. The van der Waals surface area contributed by atoms with Gasteiger partial charge < -0.3 is 5.11 Å². The van der Waals surface area contributed by atoms with E-state index in [-0.39, 0.29) is 37.7 Å². The standard InChI is InChI=1S/C2H2O5.Ca.2H/c3-1(4)2(5)7-6;;;/h6H,(H,3,4);;;. The molecule has 0 rings (SSSR count). The van der Waals surface area contributed by atoms with Crippen molar-refractivity contribution in [2.45, 2.75) is 0 Å². The van der Waals surface area contributed by atoms with E-state index < -0.39 is 11.9 Å². The van der Waals surface area contributed by atoms with Crippen LogP contribution in [0.25, 0.3) is 0 Å². The van der Waals surface area contributed by atoms with Crippen molar-refractivity contribution in [1.29, 1.82) is 0 Å². The van der Waals surface area contributed by atoms with Gasteiger partial charge in [-0.15, -0.1) is 0 Å². The van der Waals surface area contributed by atoms with Crippen molar-refractivity contribution in [3.8, 4) is 0 Å². The van der Waals surface area contributed by atoms with Gasteiger partial charge in [0.25, 0.3) is 0 Å². The van der Waals surface area contributed by atoms with E-state index in [1.54, 1.807) is 0 Å². The number of carbonyl (C=O) groups is 2. The van der Waals surface area contributed by atoms with Crippen LogP contribution in [0, 0.1) is 0 Å². The molecule has 6 heteroatoms. The second-order valence-electron chi connectivity index (χ2n) is 0.684. The summed E-state index contributed by atoms with van der Waals surface area (Å²) in [5.74, 6) is -3.50. The van der Waals surface area contributed by atoms with Gasteiger partial charge in [0.05, 0.1) is 0 Å². The Bertz CT molecular complexity index is 98.6. The molecule has 0 aromatic heterocycles. The van der Waals surface area contributed by atoms with Gasteiger partial charge in [0, 0.05) is 0 Å². The number of rotatable bonds is 0. The first kappa shape index (κ1) is 11.0. The van der Waals surface area contributed by atoms with Crippen LogP contribution in [-0.2, 0) is 14.5 Å². The fraction of sp³-hybridized carbons (Fsp3) is 0. The molecule has 0 saturated heterocycles. The molecule has 44 valence electrons. The third-order valence-electron chi connectivity index (χ3n) is 0.258. The molecule has 0 unspecified atom stereocenters. The van der Waals surface area contributed by atoms with Gasteiger partial charge >= 0.3 is 49.7 Å². The predicted molar refractivity (Wildman–Crippen MR) is 24.9 cm³/mol. The minimum atomic E-state index is -1.82. The molecule has 0 fully saturated rings. The summed E-state index contributed by atoms with van der Waals surface area (Å²) < 4.78 is 0. The third kappa shape index (κ3) is 4.32. The molecule has 0 heterocycles. The summed E-state index contributed by atoms with van der Waals surface area (Å²) in [7, 11) is 0. The Morgan fingerprint density at radius 2 is 1.75 bits per heavy atom.